The summed E-state index contributed by atoms with van der Waals surface area (Å²) < 4.78 is 4.64. The van der Waals surface area contributed by atoms with Crippen molar-refractivity contribution < 1.29 is 14.3 Å². The van der Waals surface area contributed by atoms with Crippen LogP contribution in [0, 0.1) is 5.92 Å². The molecule has 0 aromatic heterocycles. The van der Waals surface area contributed by atoms with Gasteiger partial charge in [0.25, 0.3) is 0 Å². The number of esters is 1. The van der Waals surface area contributed by atoms with Crippen molar-refractivity contribution >= 4 is 23.3 Å². The summed E-state index contributed by atoms with van der Waals surface area (Å²) in [6.45, 7) is 0. The van der Waals surface area contributed by atoms with Crippen LogP contribution in [0.25, 0.3) is 0 Å². The largest absolute Gasteiger partial charge is 0.465 e. The summed E-state index contributed by atoms with van der Waals surface area (Å²) in [6.07, 6.45) is 1.82. The lowest BCUT2D eigenvalue weighted by atomic mass is 10.1. The van der Waals surface area contributed by atoms with Crippen molar-refractivity contribution in [2.45, 2.75) is 12.8 Å². The summed E-state index contributed by atoms with van der Waals surface area (Å²) in [4.78, 5) is 23.2. The van der Waals surface area contributed by atoms with Gasteiger partial charge in [0.15, 0.2) is 0 Å². The molecule has 1 aromatic carbocycles. The Morgan fingerprint density at radius 3 is 2.71 bits per heavy atom. The first-order chi connectivity index (χ1) is 8.11. The molecule has 1 aliphatic rings. The molecule has 0 atom stereocenters. The summed E-state index contributed by atoms with van der Waals surface area (Å²) in [5, 5.41) is 2.72. The van der Waals surface area contributed by atoms with Crippen LogP contribution in [-0.4, -0.2) is 19.0 Å². The van der Waals surface area contributed by atoms with Crippen molar-refractivity contribution in [2.24, 2.45) is 5.92 Å². The van der Waals surface area contributed by atoms with Crippen LogP contribution >= 0.6 is 0 Å². The van der Waals surface area contributed by atoms with E-state index < -0.39 is 5.97 Å². The lowest BCUT2D eigenvalue weighted by molar-refractivity contribution is -0.117. The zero-order valence-corrected chi connectivity index (χ0v) is 9.53. The highest BCUT2D eigenvalue weighted by Gasteiger charge is 2.30. The third-order valence-electron chi connectivity index (χ3n) is 2.65. The van der Waals surface area contributed by atoms with Crippen LogP contribution in [0.4, 0.5) is 11.4 Å². The molecule has 1 aromatic rings. The van der Waals surface area contributed by atoms with Crippen LogP contribution in [-0.2, 0) is 9.53 Å². The molecule has 0 bridgehead atoms. The Morgan fingerprint density at radius 2 is 2.12 bits per heavy atom. The summed E-state index contributed by atoms with van der Waals surface area (Å²) in [6, 6.07) is 4.74. The average molecular weight is 234 g/mol. The molecule has 1 saturated carbocycles. The topological polar surface area (TPSA) is 81.4 Å². The fourth-order valence-corrected chi connectivity index (χ4v) is 1.53. The Hall–Kier alpha value is -2.04. The monoisotopic (exact) mass is 234 g/mol. The Labute approximate surface area is 98.9 Å². The number of carbonyl (C=O) groups is 2. The summed E-state index contributed by atoms with van der Waals surface area (Å²) in [5.41, 5.74) is 6.78. The van der Waals surface area contributed by atoms with Crippen LogP contribution in [0.3, 0.4) is 0 Å². The lowest BCUT2D eigenvalue weighted by Gasteiger charge is -2.10. The minimum absolute atomic E-state index is 0.0556. The van der Waals surface area contributed by atoms with E-state index in [4.69, 9.17) is 5.73 Å². The Morgan fingerprint density at radius 1 is 1.41 bits per heavy atom. The molecule has 1 fully saturated rings. The molecule has 0 spiro atoms. The Balaban J connectivity index is 2.25. The van der Waals surface area contributed by atoms with Gasteiger partial charge in [0.1, 0.15) is 0 Å². The lowest BCUT2D eigenvalue weighted by Crippen LogP contribution is -2.16. The number of hydrogen-bond acceptors (Lipinski definition) is 4. The average Bonchev–Trinajstić information content (AvgIpc) is 3.14. The zero-order chi connectivity index (χ0) is 12.4. The summed E-state index contributed by atoms with van der Waals surface area (Å²) in [7, 11) is 1.29. The number of carbonyl (C=O) groups excluding carboxylic acids is 2. The number of anilines is 2. The normalized spacial score (nSPS) is 14.2. The molecule has 0 unspecified atom stereocenters. The van der Waals surface area contributed by atoms with Crippen molar-refractivity contribution in [3.63, 3.8) is 0 Å². The molecule has 0 radical (unpaired) electrons. The van der Waals surface area contributed by atoms with E-state index in [1.165, 1.54) is 13.2 Å². The van der Waals surface area contributed by atoms with Crippen molar-refractivity contribution in [3.05, 3.63) is 23.8 Å². The highest BCUT2D eigenvalue weighted by atomic mass is 16.5. The van der Waals surface area contributed by atoms with E-state index >= 15 is 0 Å². The van der Waals surface area contributed by atoms with Crippen molar-refractivity contribution in [3.8, 4) is 0 Å². The highest BCUT2D eigenvalue weighted by Crippen LogP contribution is 2.31. The standard InChI is InChI=1S/C12H14N2O3/c1-17-12(16)9-6-8(13)4-5-10(9)14-11(15)7-2-3-7/h4-7H,2-3,13H2,1H3,(H,14,15). The van der Waals surface area contributed by atoms with Crippen LogP contribution in [0.15, 0.2) is 18.2 Å². The molecule has 5 nitrogen and oxygen atoms in total. The maximum absolute atomic E-state index is 11.6. The minimum atomic E-state index is -0.511. The van der Waals surface area contributed by atoms with E-state index in [0.29, 0.717) is 11.4 Å². The third-order valence-corrected chi connectivity index (χ3v) is 2.65. The molecule has 0 aliphatic heterocycles. The SMILES string of the molecule is COC(=O)c1cc(N)ccc1NC(=O)C1CC1. The van der Waals surface area contributed by atoms with Crippen molar-refractivity contribution in [1.29, 1.82) is 0 Å². The zero-order valence-electron chi connectivity index (χ0n) is 9.53. The molecule has 2 rings (SSSR count). The van der Waals surface area contributed by atoms with E-state index in [0.717, 1.165) is 12.8 Å². The second-order valence-electron chi connectivity index (χ2n) is 4.06. The number of methoxy groups -OCH3 is 1. The van der Waals surface area contributed by atoms with Crippen LogP contribution in [0.1, 0.15) is 23.2 Å². The summed E-state index contributed by atoms with van der Waals surface area (Å²) >= 11 is 0. The van der Waals surface area contributed by atoms with Gasteiger partial charge in [-0.05, 0) is 31.0 Å². The first-order valence-corrected chi connectivity index (χ1v) is 5.40. The van der Waals surface area contributed by atoms with E-state index in [2.05, 4.69) is 10.1 Å². The van der Waals surface area contributed by atoms with Gasteiger partial charge in [0.2, 0.25) is 5.91 Å². The molecule has 0 saturated heterocycles. The maximum Gasteiger partial charge on any atom is 0.340 e. The molecule has 1 aliphatic carbocycles. The van der Waals surface area contributed by atoms with Crippen LogP contribution in [0.5, 0.6) is 0 Å². The maximum atomic E-state index is 11.6. The van der Waals surface area contributed by atoms with Gasteiger partial charge in [-0.1, -0.05) is 0 Å². The predicted octanol–water partition coefficient (Wildman–Crippen LogP) is 1.40. The third kappa shape index (κ3) is 2.55. The molecule has 3 N–H and O–H groups in total. The molecule has 90 valence electrons. The van der Waals surface area contributed by atoms with Gasteiger partial charge >= 0.3 is 5.97 Å². The minimum Gasteiger partial charge on any atom is -0.465 e. The smallest absolute Gasteiger partial charge is 0.340 e. The second kappa shape index (κ2) is 4.45. The molecular weight excluding hydrogens is 220 g/mol. The van der Waals surface area contributed by atoms with E-state index in [1.807, 2.05) is 0 Å². The fourth-order valence-electron chi connectivity index (χ4n) is 1.53. The van der Waals surface area contributed by atoms with Crippen molar-refractivity contribution in [1.82, 2.24) is 0 Å². The van der Waals surface area contributed by atoms with Gasteiger partial charge in [0.05, 0.1) is 18.4 Å². The van der Waals surface area contributed by atoms with E-state index in [-0.39, 0.29) is 17.4 Å². The predicted molar refractivity (Wildman–Crippen MR) is 63.5 cm³/mol. The number of amides is 1. The van der Waals surface area contributed by atoms with Gasteiger partial charge in [-0.25, -0.2) is 4.79 Å². The van der Waals surface area contributed by atoms with Gasteiger partial charge < -0.3 is 15.8 Å². The molecular formula is C12H14N2O3. The van der Waals surface area contributed by atoms with Crippen LogP contribution < -0.4 is 11.1 Å². The van der Waals surface area contributed by atoms with Crippen LogP contribution in [0.2, 0.25) is 0 Å². The second-order valence-corrected chi connectivity index (χ2v) is 4.06. The number of ether oxygens (including phenoxy) is 1. The molecule has 5 heteroatoms. The first kappa shape index (κ1) is 11.4. The highest BCUT2D eigenvalue weighted by molar-refractivity contribution is 6.03. The van der Waals surface area contributed by atoms with Gasteiger partial charge in [0, 0.05) is 11.6 Å². The van der Waals surface area contributed by atoms with E-state index in [9.17, 15) is 9.59 Å². The summed E-state index contributed by atoms with van der Waals surface area (Å²) in [5.74, 6) is -0.485. The van der Waals surface area contributed by atoms with Gasteiger partial charge in [-0.3, -0.25) is 4.79 Å². The quantitative estimate of drug-likeness (QED) is 0.612. The fraction of sp³-hybridized carbons (Fsp3) is 0.333. The molecule has 0 heterocycles. The molecule has 1 amide bonds. The number of benzene rings is 1. The van der Waals surface area contributed by atoms with Gasteiger partial charge in [-0.15, -0.1) is 0 Å². The molecule has 17 heavy (non-hydrogen) atoms. The Bertz CT molecular complexity index is 467. The van der Waals surface area contributed by atoms with E-state index in [1.54, 1.807) is 12.1 Å². The number of nitrogen functional groups attached to an aromatic ring is 1. The Kier molecular flexibility index (Phi) is 2.99. The number of nitrogens with two attached hydrogens (primary N) is 1. The first-order valence-electron chi connectivity index (χ1n) is 5.40. The number of hydrogen-bond donors (Lipinski definition) is 2. The number of nitrogens with one attached hydrogen (secondary N) is 1. The van der Waals surface area contributed by atoms with Gasteiger partial charge in [-0.2, -0.15) is 0 Å². The van der Waals surface area contributed by atoms with Crippen molar-refractivity contribution in [2.75, 3.05) is 18.2 Å². The number of rotatable bonds is 3.